The Bertz CT molecular complexity index is 433. The van der Waals surface area contributed by atoms with Crippen LogP contribution in [0.25, 0.3) is 11.1 Å². The largest absolute Gasteiger partial charge is 0.329 e. The molecule has 78 valence electrons. The van der Waals surface area contributed by atoms with Gasteiger partial charge in [0.15, 0.2) is 0 Å². The summed E-state index contributed by atoms with van der Waals surface area (Å²) in [5.74, 6) is 0. The molecule has 0 spiro atoms. The SMILES string of the molecule is NCCn1cc(-c2ccc(I)cc2)cn1. The van der Waals surface area contributed by atoms with Gasteiger partial charge in [0.1, 0.15) is 0 Å². The van der Waals surface area contributed by atoms with E-state index in [-0.39, 0.29) is 0 Å². The van der Waals surface area contributed by atoms with Gasteiger partial charge in [-0.3, -0.25) is 4.68 Å². The molecule has 0 bridgehead atoms. The minimum atomic E-state index is 0.619. The van der Waals surface area contributed by atoms with E-state index >= 15 is 0 Å². The van der Waals surface area contributed by atoms with Gasteiger partial charge in [-0.25, -0.2) is 0 Å². The van der Waals surface area contributed by atoms with Crippen molar-refractivity contribution in [1.29, 1.82) is 0 Å². The smallest absolute Gasteiger partial charge is 0.0568 e. The summed E-state index contributed by atoms with van der Waals surface area (Å²) in [4.78, 5) is 0. The molecule has 2 aromatic rings. The van der Waals surface area contributed by atoms with Gasteiger partial charge in [0.05, 0.1) is 12.7 Å². The van der Waals surface area contributed by atoms with Crippen molar-refractivity contribution in [3.05, 3.63) is 40.2 Å². The van der Waals surface area contributed by atoms with Gasteiger partial charge in [-0.2, -0.15) is 5.10 Å². The molecule has 0 unspecified atom stereocenters. The van der Waals surface area contributed by atoms with Crippen molar-refractivity contribution in [3.63, 3.8) is 0 Å². The van der Waals surface area contributed by atoms with Crippen LogP contribution in [0.2, 0.25) is 0 Å². The third-order valence-corrected chi connectivity index (χ3v) is 2.89. The number of nitrogens with zero attached hydrogens (tertiary/aromatic N) is 2. The molecule has 1 aromatic carbocycles. The molecular weight excluding hydrogens is 301 g/mol. The summed E-state index contributed by atoms with van der Waals surface area (Å²) >= 11 is 2.30. The second-order valence-electron chi connectivity index (χ2n) is 3.29. The normalized spacial score (nSPS) is 10.5. The second kappa shape index (κ2) is 4.76. The van der Waals surface area contributed by atoms with Crippen molar-refractivity contribution < 1.29 is 0 Å². The number of aromatic nitrogens is 2. The molecular formula is C11H12IN3. The third kappa shape index (κ3) is 2.57. The van der Waals surface area contributed by atoms with E-state index in [1.807, 2.05) is 17.1 Å². The molecule has 2 rings (SSSR count). The van der Waals surface area contributed by atoms with Crippen molar-refractivity contribution in [2.75, 3.05) is 6.54 Å². The van der Waals surface area contributed by atoms with Crippen molar-refractivity contribution in [3.8, 4) is 11.1 Å². The molecule has 2 N–H and O–H groups in total. The molecule has 0 aliphatic carbocycles. The van der Waals surface area contributed by atoms with Crippen molar-refractivity contribution in [2.24, 2.45) is 5.73 Å². The summed E-state index contributed by atoms with van der Waals surface area (Å²) in [7, 11) is 0. The van der Waals surface area contributed by atoms with E-state index in [1.165, 1.54) is 9.13 Å². The van der Waals surface area contributed by atoms with E-state index in [2.05, 4.69) is 52.0 Å². The maximum absolute atomic E-state index is 5.47. The van der Waals surface area contributed by atoms with Crippen molar-refractivity contribution >= 4 is 22.6 Å². The van der Waals surface area contributed by atoms with Crippen molar-refractivity contribution in [2.45, 2.75) is 6.54 Å². The van der Waals surface area contributed by atoms with Gasteiger partial charge in [0.2, 0.25) is 0 Å². The number of benzene rings is 1. The summed E-state index contributed by atoms with van der Waals surface area (Å²) in [6, 6.07) is 8.39. The van der Waals surface area contributed by atoms with Crippen LogP contribution in [0.4, 0.5) is 0 Å². The minimum absolute atomic E-state index is 0.619. The highest BCUT2D eigenvalue weighted by molar-refractivity contribution is 14.1. The van der Waals surface area contributed by atoms with E-state index in [4.69, 9.17) is 5.73 Å². The first kappa shape index (κ1) is 10.6. The lowest BCUT2D eigenvalue weighted by Gasteiger charge is -1.97. The lowest BCUT2D eigenvalue weighted by atomic mass is 10.1. The Hall–Kier alpha value is -0.880. The molecule has 1 aromatic heterocycles. The fourth-order valence-corrected chi connectivity index (χ4v) is 1.77. The van der Waals surface area contributed by atoms with Crippen LogP contribution in [-0.2, 0) is 6.54 Å². The molecule has 0 aliphatic rings. The van der Waals surface area contributed by atoms with Crippen LogP contribution in [0.3, 0.4) is 0 Å². The molecule has 0 radical (unpaired) electrons. The van der Waals surface area contributed by atoms with E-state index in [1.54, 1.807) is 0 Å². The van der Waals surface area contributed by atoms with Crippen LogP contribution < -0.4 is 5.73 Å². The molecule has 0 amide bonds. The number of halogens is 1. The summed E-state index contributed by atoms with van der Waals surface area (Å²) in [5, 5.41) is 4.24. The van der Waals surface area contributed by atoms with Gasteiger partial charge in [-0.15, -0.1) is 0 Å². The van der Waals surface area contributed by atoms with E-state index in [0.717, 1.165) is 12.1 Å². The Labute approximate surface area is 102 Å². The fraction of sp³-hybridized carbons (Fsp3) is 0.182. The van der Waals surface area contributed by atoms with Crippen LogP contribution in [0.5, 0.6) is 0 Å². The number of rotatable bonds is 3. The van der Waals surface area contributed by atoms with Crippen LogP contribution in [-0.4, -0.2) is 16.3 Å². The second-order valence-corrected chi connectivity index (χ2v) is 4.53. The molecule has 0 saturated carbocycles. The Morgan fingerprint density at radius 2 is 1.93 bits per heavy atom. The summed E-state index contributed by atoms with van der Waals surface area (Å²) in [6.07, 6.45) is 3.90. The molecule has 1 heterocycles. The van der Waals surface area contributed by atoms with E-state index in [0.29, 0.717) is 6.54 Å². The standard InChI is InChI=1S/C11H12IN3/c12-11-3-1-9(2-4-11)10-7-14-15(8-10)6-5-13/h1-4,7-8H,5-6,13H2. The molecule has 15 heavy (non-hydrogen) atoms. The number of hydrogen-bond donors (Lipinski definition) is 1. The predicted octanol–water partition coefficient (Wildman–Crippen LogP) is 2.11. The van der Waals surface area contributed by atoms with Gasteiger partial charge in [0.25, 0.3) is 0 Å². The molecule has 0 saturated heterocycles. The lowest BCUT2D eigenvalue weighted by molar-refractivity contribution is 0.625. The average Bonchev–Trinajstić information content (AvgIpc) is 2.68. The Kier molecular flexibility index (Phi) is 3.37. The average molecular weight is 313 g/mol. The first-order valence-electron chi connectivity index (χ1n) is 4.78. The third-order valence-electron chi connectivity index (χ3n) is 2.17. The zero-order chi connectivity index (χ0) is 10.7. The number of hydrogen-bond acceptors (Lipinski definition) is 2. The predicted molar refractivity (Wildman–Crippen MR) is 69.4 cm³/mol. The molecule has 0 atom stereocenters. The molecule has 0 fully saturated rings. The van der Waals surface area contributed by atoms with Crippen LogP contribution in [0.1, 0.15) is 0 Å². The Morgan fingerprint density at radius 3 is 2.60 bits per heavy atom. The summed E-state index contributed by atoms with van der Waals surface area (Å²) < 4.78 is 3.11. The highest BCUT2D eigenvalue weighted by Gasteiger charge is 2.00. The fourth-order valence-electron chi connectivity index (χ4n) is 1.41. The lowest BCUT2D eigenvalue weighted by Crippen LogP contribution is -2.09. The maximum atomic E-state index is 5.47. The van der Waals surface area contributed by atoms with Crippen LogP contribution in [0.15, 0.2) is 36.7 Å². The van der Waals surface area contributed by atoms with E-state index < -0.39 is 0 Å². The van der Waals surface area contributed by atoms with Crippen LogP contribution >= 0.6 is 22.6 Å². The van der Waals surface area contributed by atoms with E-state index in [9.17, 15) is 0 Å². The summed E-state index contributed by atoms with van der Waals surface area (Å²) in [5.41, 5.74) is 7.80. The zero-order valence-corrected chi connectivity index (χ0v) is 10.4. The quantitative estimate of drug-likeness (QED) is 0.882. The number of nitrogens with two attached hydrogens (primary N) is 1. The molecule has 3 nitrogen and oxygen atoms in total. The first-order chi connectivity index (χ1) is 7.29. The minimum Gasteiger partial charge on any atom is -0.329 e. The first-order valence-corrected chi connectivity index (χ1v) is 5.86. The van der Waals surface area contributed by atoms with Gasteiger partial charge in [-0.1, -0.05) is 12.1 Å². The maximum Gasteiger partial charge on any atom is 0.0568 e. The summed E-state index contributed by atoms with van der Waals surface area (Å²) in [6.45, 7) is 1.39. The highest BCUT2D eigenvalue weighted by atomic mass is 127. The van der Waals surface area contributed by atoms with Gasteiger partial charge in [0, 0.05) is 21.9 Å². The Balaban J connectivity index is 2.25. The molecule has 4 heteroatoms. The van der Waals surface area contributed by atoms with Gasteiger partial charge in [-0.05, 0) is 40.3 Å². The molecule has 0 aliphatic heterocycles. The Morgan fingerprint density at radius 1 is 1.20 bits per heavy atom. The van der Waals surface area contributed by atoms with Crippen molar-refractivity contribution in [1.82, 2.24) is 9.78 Å². The monoisotopic (exact) mass is 313 g/mol. The highest BCUT2D eigenvalue weighted by Crippen LogP contribution is 2.19. The topological polar surface area (TPSA) is 43.8 Å². The van der Waals surface area contributed by atoms with Gasteiger partial charge >= 0.3 is 0 Å². The van der Waals surface area contributed by atoms with Gasteiger partial charge < -0.3 is 5.73 Å². The zero-order valence-electron chi connectivity index (χ0n) is 8.23. The van der Waals surface area contributed by atoms with Crippen LogP contribution in [0, 0.1) is 3.57 Å².